The first-order chi connectivity index (χ1) is 12.3. The molecule has 0 spiro atoms. The number of benzene rings is 2. The highest BCUT2D eigenvalue weighted by Gasteiger charge is 2.13. The van der Waals surface area contributed by atoms with Gasteiger partial charge in [-0.3, -0.25) is 4.90 Å². The van der Waals surface area contributed by atoms with Crippen molar-refractivity contribution in [3.05, 3.63) is 76.9 Å². The van der Waals surface area contributed by atoms with Crippen LogP contribution in [0.1, 0.15) is 23.1 Å². The molecule has 0 radical (unpaired) electrons. The van der Waals surface area contributed by atoms with Crippen molar-refractivity contribution in [1.29, 1.82) is 0 Å². The highest BCUT2D eigenvalue weighted by atomic mass is 16.7. The van der Waals surface area contributed by atoms with Crippen molar-refractivity contribution in [2.24, 2.45) is 0 Å². The van der Waals surface area contributed by atoms with Crippen molar-refractivity contribution in [3.8, 4) is 11.5 Å². The van der Waals surface area contributed by atoms with E-state index >= 15 is 0 Å². The van der Waals surface area contributed by atoms with Crippen molar-refractivity contribution in [2.45, 2.75) is 19.9 Å². The number of rotatable bonds is 4. The Bertz CT molecular complexity index is 805. The highest BCUT2D eigenvalue weighted by Crippen LogP contribution is 2.33. The summed E-state index contributed by atoms with van der Waals surface area (Å²) in [5, 5.41) is 0. The molecule has 2 aliphatic rings. The van der Waals surface area contributed by atoms with E-state index in [-0.39, 0.29) is 0 Å². The monoisotopic (exact) mass is 333 g/mol. The lowest BCUT2D eigenvalue weighted by molar-refractivity contribution is 0.174. The Kier molecular flexibility index (Phi) is 4.57. The maximum atomic E-state index is 5.43. The normalized spacial score (nSPS) is 17.1. The molecule has 0 amide bonds. The largest absolute Gasteiger partial charge is 0.454 e. The van der Waals surface area contributed by atoms with Crippen molar-refractivity contribution < 1.29 is 9.47 Å². The summed E-state index contributed by atoms with van der Waals surface area (Å²) in [6.07, 6.45) is 7.80. The second kappa shape index (κ2) is 7.16. The van der Waals surface area contributed by atoms with E-state index in [1.165, 1.54) is 16.7 Å². The zero-order valence-corrected chi connectivity index (χ0v) is 14.6. The number of aryl methyl sites for hydroxylation is 1. The number of hydrogen-bond donors (Lipinski definition) is 0. The predicted octanol–water partition coefficient (Wildman–Crippen LogP) is 4.57. The molecule has 25 heavy (non-hydrogen) atoms. The fourth-order valence-corrected chi connectivity index (χ4v) is 3.19. The summed E-state index contributed by atoms with van der Waals surface area (Å²) in [5.41, 5.74) is 5.25. The quantitative estimate of drug-likeness (QED) is 0.818. The number of hydrogen-bond acceptors (Lipinski definition) is 3. The van der Waals surface area contributed by atoms with Crippen LogP contribution >= 0.6 is 0 Å². The van der Waals surface area contributed by atoms with Crippen molar-refractivity contribution in [3.63, 3.8) is 0 Å². The first-order valence-corrected chi connectivity index (χ1v) is 8.81. The summed E-state index contributed by atoms with van der Waals surface area (Å²) in [5.74, 6) is 1.67. The van der Waals surface area contributed by atoms with Gasteiger partial charge in [-0.1, -0.05) is 54.1 Å². The molecular weight excluding hydrogens is 310 g/mol. The molecule has 0 N–H and O–H groups in total. The Morgan fingerprint density at radius 2 is 1.84 bits per heavy atom. The molecular formula is C22H23NO2. The van der Waals surface area contributed by atoms with Gasteiger partial charge in [-0.05, 0) is 42.2 Å². The van der Waals surface area contributed by atoms with E-state index in [0.717, 1.165) is 43.1 Å². The number of nitrogens with zero attached hydrogens (tertiary/aromatic N) is 1. The van der Waals surface area contributed by atoms with Crippen LogP contribution in [0.25, 0.3) is 6.08 Å². The molecule has 0 saturated carbocycles. The topological polar surface area (TPSA) is 21.7 Å². The van der Waals surface area contributed by atoms with E-state index in [4.69, 9.17) is 9.47 Å². The van der Waals surface area contributed by atoms with Gasteiger partial charge in [-0.2, -0.15) is 0 Å². The molecule has 0 bridgehead atoms. The van der Waals surface area contributed by atoms with Crippen LogP contribution < -0.4 is 9.47 Å². The Hall–Kier alpha value is -2.52. The van der Waals surface area contributed by atoms with Crippen LogP contribution in [0.5, 0.6) is 11.5 Å². The van der Waals surface area contributed by atoms with Crippen molar-refractivity contribution >= 4 is 6.08 Å². The smallest absolute Gasteiger partial charge is 0.231 e. The van der Waals surface area contributed by atoms with Crippen LogP contribution in [-0.4, -0.2) is 24.8 Å². The molecule has 2 heterocycles. The van der Waals surface area contributed by atoms with E-state index in [9.17, 15) is 0 Å². The van der Waals surface area contributed by atoms with Crippen molar-refractivity contribution in [2.75, 3.05) is 19.9 Å². The lowest BCUT2D eigenvalue weighted by Crippen LogP contribution is -2.28. The van der Waals surface area contributed by atoms with E-state index in [0.29, 0.717) is 6.79 Å². The second-order valence-electron chi connectivity index (χ2n) is 6.70. The number of ether oxygens (including phenoxy) is 2. The van der Waals surface area contributed by atoms with E-state index < -0.39 is 0 Å². The van der Waals surface area contributed by atoms with Crippen LogP contribution in [0.15, 0.2) is 60.2 Å². The van der Waals surface area contributed by atoms with Gasteiger partial charge in [-0.15, -0.1) is 0 Å². The molecule has 0 atom stereocenters. The molecule has 2 aromatic carbocycles. The van der Waals surface area contributed by atoms with Gasteiger partial charge >= 0.3 is 0 Å². The highest BCUT2D eigenvalue weighted by molar-refractivity contribution is 5.58. The Balaban J connectivity index is 1.35. The lowest BCUT2D eigenvalue weighted by atomic mass is 10.0. The molecule has 0 aliphatic carbocycles. The van der Waals surface area contributed by atoms with Crippen LogP contribution in [-0.2, 0) is 6.54 Å². The standard InChI is InChI=1S/C22H23NO2/c1-17-2-4-20(5-3-17)15-23-12-10-18(11-13-23)6-7-19-8-9-21-22(14-19)25-16-24-21/h2-10,14H,11-13,15-16H2,1H3. The fraction of sp³-hybridized carbons (Fsp3) is 0.273. The SMILES string of the molecule is Cc1ccc(CN2CC=C(C=Cc3ccc4c(c3)OCO4)CC2)cc1. The zero-order chi connectivity index (χ0) is 17.1. The zero-order valence-electron chi connectivity index (χ0n) is 14.6. The van der Waals surface area contributed by atoms with E-state index in [2.05, 4.69) is 60.4 Å². The summed E-state index contributed by atoms with van der Waals surface area (Å²) in [6, 6.07) is 14.9. The van der Waals surface area contributed by atoms with Gasteiger partial charge in [0.25, 0.3) is 0 Å². The lowest BCUT2D eigenvalue weighted by Gasteiger charge is -2.25. The van der Waals surface area contributed by atoms with Gasteiger partial charge in [0.1, 0.15) is 0 Å². The maximum Gasteiger partial charge on any atom is 0.231 e. The molecule has 4 rings (SSSR count). The third-order valence-electron chi connectivity index (χ3n) is 4.74. The Morgan fingerprint density at radius 3 is 2.64 bits per heavy atom. The first-order valence-electron chi connectivity index (χ1n) is 8.81. The predicted molar refractivity (Wildman–Crippen MR) is 101 cm³/mol. The molecule has 2 aromatic rings. The minimum Gasteiger partial charge on any atom is -0.454 e. The van der Waals surface area contributed by atoms with Crippen LogP contribution in [0.2, 0.25) is 0 Å². The van der Waals surface area contributed by atoms with Crippen LogP contribution in [0.4, 0.5) is 0 Å². The molecule has 128 valence electrons. The average Bonchev–Trinajstić information content (AvgIpc) is 3.11. The van der Waals surface area contributed by atoms with Gasteiger partial charge in [-0.25, -0.2) is 0 Å². The maximum absolute atomic E-state index is 5.43. The summed E-state index contributed by atoms with van der Waals surface area (Å²) in [7, 11) is 0. The van der Waals surface area contributed by atoms with E-state index in [1.807, 2.05) is 12.1 Å². The van der Waals surface area contributed by atoms with Crippen LogP contribution in [0, 0.1) is 6.92 Å². The number of allylic oxidation sites excluding steroid dienone is 1. The Labute approximate surface area is 149 Å². The summed E-state index contributed by atoms with van der Waals surface area (Å²) in [4.78, 5) is 2.49. The van der Waals surface area contributed by atoms with Crippen molar-refractivity contribution in [1.82, 2.24) is 4.90 Å². The third-order valence-corrected chi connectivity index (χ3v) is 4.74. The molecule has 2 aliphatic heterocycles. The minimum atomic E-state index is 0.324. The average molecular weight is 333 g/mol. The van der Waals surface area contributed by atoms with Gasteiger partial charge in [0.2, 0.25) is 6.79 Å². The Morgan fingerprint density at radius 1 is 1.00 bits per heavy atom. The molecule has 0 unspecified atom stereocenters. The molecule has 0 aromatic heterocycles. The summed E-state index contributed by atoms with van der Waals surface area (Å²) in [6.45, 7) is 5.59. The summed E-state index contributed by atoms with van der Waals surface area (Å²) >= 11 is 0. The summed E-state index contributed by atoms with van der Waals surface area (Å²) < 4.78 is 10.8. The van der Waals surface area contributed by atoms with Gasteiger partial charge < -0.3 is 9.47 Å². The van der Waals surface area contributed by atoms with Gasteiger partial charge in [0.05, 0.1) is 0 Å². The third kappa shape index (κ3) is 3.94. The fourth-order valence-electron chi connectivity index (χ4n) is 3.19. The molecule has 0 fully saturated rings. The molecule has 3 nitrogen and oxygen atoms in total. The van der Waals surface area contributed by atoms with Gasteiger partial charge in [0.15, 0.2) is 11.5 Å². The number of fused-ring (bicyclic) bond motifs is 1. The minimum absolute atomic E-state index is 0.324. The van der Waals surface area contributed by atoms with E-state index in [1.54, 1.807) is 0 Å². The second-order valence-corrected chi connectivity index (χ2v) is 6.70. The van der Waals surface area contributed by atoms with Gasteiger partial charge in [0, 0.05) is 19.6 Å². The van der Waals surface area contributed by atoms with Crippen LogP contribution in [0.3, 0.4) is 0 Å². The first kappa shape index (κ1) is 16.0. The molecule has 3 heteroatoms. The molecule has 0 saturated heterocycles.